The van der Waals surface area contributed by atoms with Crippen LogP contribution < -0.4 is 0 Å². The molecule has 4 saturated carbocycles. The Bertz CT molecular complexity index is 1120. The van der Waals surface area contributed by atoms with Gasteiger partial charge in [-0.1, -0.05) is 13.8 Å². The third-order valence-electron chi connectivity index (χ3n) is 11.5. The van der Waals surface area contributed by atoms with E-state index in [2.05, 4.69) is 6.92 Å². The molecule has 4 aliphatic carbocycles. The van der Waals surface area contributed by atoms with E-state index < -0.39 is 70.2 Å². The normalized spacial score (nSPS) is 56.7. The zero-order valence-corrected chi connectivity index (χ0v) is 20.8. The van der Waals surface area contributed by atoms with Crippen molar-refractivity contribution in [3.63, 3.8) is 0 Å². The number of carbonyl (C=O) groups is 2. The molecule has 13 atom stereocenters. The first-order valence-electron chi connectivity index (χ1n) is 13.1. The zero-order valence-electron chi connectivity index (χ0n) is 20.8. The number of rotatable bonds is 2. The minimum absolute atomic E-state index is 0.00459. The molecule has 2 aliphatic heterocycles. The van der Waals surface area contributed by atoms with Crippen molar-refractivity contribution in [2.24, 2.45) is 34.0 Å². The maximum absolute atomic E-state index is 14.3. The van der Waals surface area contributed by atoms with Crippen molar-refractivity contribution in [1.82, 2.24) is 0 Å². The summed E-state index contributed by atoms with van der Waals surface area (Å²) in [6.45, 7) is 5.37. The fourth-order valence-corrected chi connectivity index (χ4v) is 10.4. The highest BCUT2D eigenvalue weighted by Gasteiger charge is 2.89. The molecule has 0 radical (unpaired) electrons. The van der Waals surface area contributed by atoms with Crippen LogP contribution in [0.15, 0.2) is 23.0 Å². The van der Waals surface area contributed by atoms with Crippen LogP contribution in [0.4, 0.5) is 0 Å². The summed E-state index contributed by atoms with van der Waals surface area (Å²) in [4.78, 5) is 26.2. The Morgan fingerprint density at radius 3 is 2.61 bits per heavy atom. The lowest BCUT2D eigenvalue weighted by atomic mass is 9.35. The van der Waals surface area contributed by atoms with Crippen LogP contribution in [0.25, 0.3) is 0 Å². The van der Waals surface area contributed by atoms with E-state index in [1.165, 1.54) is 6.92 Å². The summed E-state index contributed by atoms with van der Waals surface area (Å²) in [5.74, 6) is -2.27. The molecule has 9 nitrogen and oxygen atoms in total. The number of aliphatic hydroxyl groups excluding tert-OH is 3. The van der Waals surface area contributed by atoms with E-state index in [0.717, 1.165) is 12.0 Å². The second-order valence-corrected chi connectivity index (χ2v) is 12.6. The molecule has 13 unspecified atom stereocenters. The summed E-state index contributed by atoms with van der Waals surface area (Å²) in [5, 5.41) is 34.5. The first kappa shape index (κ1) is 23.3. The quantitative estimate of drug-likeness (QED) is 0.406. The van der Waals surface area contributed by atoms with E-state index in [-0.39, 0.29) is 43.7 Å². The Morgan fingerprint density at radius 2 is 1.92 bits per heavy atom. The molecule has 9 heteroatoms. The van der Waals surface area contributed by atoms with Crippen molar-refractivity contribution in [3.8, 4) is 0 Å². The maximum Gasteiger partial charge on any atom is 0.302 e. The van der Waals surface area contributed by atoms with Crippen molar-refractivity contribution in [2.45, 2.75) is 88.7 Å². The number of fused-ring (bicyclic) bond motifs is 1. The molecular formula is C27H34O9. The molecule has 2 bridgehead atoms. The topological polar surface area (TPSA) is 139 Å². The van der Waals surface area contributed by atoms with E-state index in [4.69, 9.17) is 18.6 Å². The molecule has 7 rings (SSSR count). The van der Waals surface area contributed by atoms with Crippen molar-refractivity contribution < 1.29 is 43.5 Å². The fraction of sp³-hybridized carbons (Fsp3) is 0.778. The maximum atomic E-state index is 14.3. The van der Waals surface area contributed by atoms with Crippen LogP contribution in [-0.2, 0) is 23.8 Å². The zero-order chi connectivity index (χ0) is 25.4. The fourth-order valence-electron chi connectivity index (χ4n) is 10.4. The van der Waals surface area contributed by atoms with Gasteiger partial charge >= 0.3 is 5.97 Å². The van der Waals surface area contributed by atoms with E-state index in [0.29, 0.717) is 0 Å². The van der Waals surface area contributed by atoms with E-state index in [1.54, 1.807) is 12.5 Å². The van der Waals surface area contributed by atoms with Gasteiger partial charge in [0, 0.05) is 41.9 Å². The Hall–Kier alpha value is -1.78. The molecule has 0 amide bonds. The molecule has 196 valence electrons. The van der Waals surface area contributed by atoms with Crippen LogP contribution in [0, 0.1) is 34.0 Å². The van der Waals surface area contributed by atoms with Crippen LogP contribution in [0.1, 0.15) is 57.9 Å². The minimum atomic E-state index is -1.21. The lowest BCUT2D eigenvalue weighted by molar-refractivity contribution is -0.341. The molecule has 1 aromatic heterocycles. The van der Waals surface area contributed by atoms with Gasteiger partial charge in [0.1, 0.15) is 17.5 Å². The van der Waals surface area contributed by atoms with Gasteiger partial charge in [-0.15, -0.1) is 0 Å². The van der Waals surface area contributed by atoms with Gasteiger partial charge in [0.05, 0.1) is 43.4 Å². The molecule has 6 fully saturated rings. The van der Waals surface area contributed by atoms with Gasteiger partial charge in [-0.25, -0.2) is 0 Å². The highest BCUT2D eigenvalue weighted by Crippen LogP contribution is 2.81. The second-order valence-electron chi connectivity index (χ2n) is 12.6. The summed E-state index contributed by atoms with van der Waals surface area (Å²) >= 11 is 0. The van der Waals surface area contributed by atoms with Gasteiger partial charge in [-0.05, 0) is 36.3 Å². The summed E-state index contributed by atoms with van der Waals surface area (Å²) in [5.41, 5.74) is -2.19. The van der Waals surface area contributed by atoms with Crippen molar-refractivity contribution >= 4 is 11.8 Å². The number of hydrogen-bond acceptors (Lipinski definition) is 9. The van der Waals surface area contributed by atoms with E-state index in [1.807, 2.05) is 13.0 Å². The van der Waals surface area contributed by atoms with Gasteiger partial charge in [-0.2, -0.15) is 0 Å². The average Bonchev–Trinajstić information content (AvgIpc) is 3.17. The second kappa shape index (κ2) is 6.99. The van der Waals surface area contributed by atoms with E-state index in [9.17, 15) is 24.9 Å². The number of Topliss-reactive ketones (excluding diaryl/α,β-unsaturated/α-hetero) is 1. The summed E-state index contributed by atoms with van der Waals surface area (Å²) in [6, 6.07) is 1.94. The number of ketones is 1. The van der Waals surface area contributed by atoms with Crippen LogP contribution in [-0.4, -0.2) is 70.0 Å². The Labute approximate surface area is 209 Å². The van der Waals surface area contributed by atoms with Gasteiger partial charge in [0.25, 0.3) is 0 Å². The molecular weight excluding hydrogens is 468 g/mol. The van der Waals surface area contributed by atoms with Crippen molar-refractivity contribution in [3.05, 3.63) is 24.2 Å². The average molecular weight is 503 g/mol. The first-order valence-corrected chi connectivity index (χ1v) is 13.1. The highest BCUT2D eigenvalue weighted by atomic mass is 16.6. The first-order chi connectivity index (χ1) is 17.0. The lowest BCUT2D eigenvalue weighted by Gasteiger charge is -2.70. The van der Waals surface area contributed by atoms with Crippen LogP contribution in [0.2, 0.25) is 0 Å². The number of esters is 1. The lowest BCUT2D eigenvalue weighted by Crippen LogP contribution is -2.78. The third kappa shape index (κ3) is 2.37. The number of ether oxygens (including phenoxy) is 3. The number of epoxide rings is 1. The SMILES string of the molecule is CC(=O)OC1CC(O)C23COC(O)C1C2CC(O)C1(C)C3C(=O)CC2(C)C(c3ccoc3)CC3OC321. The minimum Gasteiger partial charge on any atom is -0.472 e. The Morgan fingerprint density at radius 1 is 1.14 bits per heavy atom. The molecule has 3 heterocycles. The monoisotopic (exact) mass is 502 g/mol. The van der Waals surface area contributed by atoms with Crippen molar-refractivity contribution in [1.29, 1.82) is 0 Å². The number of furan rings is 1. The highest BCUT2D eigenvalue weighted by molar-refractivity contribution is 5.87. The largest absolute Gasteiger partial charge is 0.472 e. The number of carbonyl (C=O) groups excluding carboxylic acids is 2. The molecule has 1 aromatic rings. The third-order valence-corrected chi connectivity index (χ3v) is 11.5. The molecule has 1 spiro atoms. The predicted octanol–water partition coefficient (Wildman–Crippen LogP) is 1.53. The molecule has 3 N–H and O–H groups in total. The van der Waals surface area contributed by atoms with Crippen LogP contribution in [0.3, 0.4) is 0 Å². The van der Waals surface area contributed by atoms with Crippen molar-refractivity contribution in [2.75, 3.05) is 6.61 Å². The van der Waals surface area contributed by atoms with Gasteiger partial charge in [0.2, 0.25) is 0 Å². The standard InChI is InChI=1S/C27H34O9/c1-12(28)35-17-8-19(31)26-11-34-23(32)21(17)15(26)6-18(30)25(3)22(26)16(29)9-24(2)14(13-4-5-33-10-13)7-20-27(24,25)36-20/h4-5,10,14-15,17-23,30-32H,6-9,11H2,1-3H3. The molecule has 2 saturated heterocycles. The van der Waals surface area contributed by atoms with Gasteiger partial charge in [0.15, 0.2) is 6.29 Å². The number of hydrogen-bond donors (Lipinski definition) is 3. The number of aliphatic hydroxyl groups is 3. The van der Waals surface area contributed by atoms with Gasteiger partial charge in [-0.3, -0.25) is 9.59 Å². The molecule has 36 heavy (non-hydrogen) atoms. The Balaban J connectivity index is 1.36. The summed E-state index contributed by atoms with van der Waals surface area (Å²) < 4.78 is 23.3. The predicted molar refractivity (Wildman–Crippen MR) is 121 cm³/mol. The molecule has 6 aliphatic rings. The summed E-state index contributed by atoms with van der Waals surface area (Å²) in [6.07, 6.45) is 0.769. The molecule has 0 aromatic carbocycles. The smallest absolute Gasteiger partial charge is 0.302 e. The summed E-state index contributed by atoms with van der Waals surface area (Å²) in [7, 11) is 0. The van der Waals surface area contributed by atoms with Gasteiger partial charge < -0.3 is 33.9 Å². The van der Waals surface area contributed by atoms with E-state index >= 15 is 0 Å². The van der Waals surface area contributed by atoms with Crippen LogP contribution in [0.5, 0.6) is 0 Å². The van der Waals surface area contributed by atoms with Crippen LogP contribution >= 0.6 is 0 Å². The Kier molecular flexibility index (Phi) is 4.54.